The average molecular weight is 218 g/mol. The first-order valence-electron chi connectivity index (χ1n) is 4.19. The van der Waals surface area contributed by atoms with Gasteiger partial charge in [-0.05, 0) is 0 Å². The van der Waals surface area contributed by atoms with Gasteiger partial charge in [0.25, 0.3) is 0 Å². The maximum Gasteiger partial charge on any atom is 1.00 e. The van der Waals surface area contributed by atoms with Crippen LogP contribution in [0.15, 0.2) is 18.2 Å². The topological polar surface area (TPSA) is 9.23 Å². The number of hydrogen-bond acceptors (Lipinski definition) is 3. The van der Waals surface area contributed by atoms with Crippen molar-refractivity contribution >= 4 is 23.5 Å². The van der Waals surface area contributed by atoms with Crippen molar-refractivity contribution in [2.75, 3.05) is 18.6 Å². The Kier molecular flexibility index (Phi) is 5.33. The van der Waals surface area contributed by atoms with Gasteiger partial charge in [0.2, 0.25) is 0 Å². The number of thioether (sulfide) groups is 2. The third-order valence-corrected chi connectivity index (χ3v) is 4.99. The van der Waals surface area contributed by atoms with E-state index < -0.39 is 0 Å². The molecular formula is C10H11LiOS2. The molecule has 1 saturated heterocycles. The van der Waals surface area contributed by atoms with Crippen LogP contribution in [0.3, 0.4) is 0 Å². The van der Waals surface area contributed by atoms with Gasteiger partial charge >= 0.3 is 18.9 Å². The fourth-order valence-electron chi connectivity index (χ4n) is 1.23. The minimum Gasteiger partial charge on any atom is -0.554 e. The van der Waals surface area contributed by atoms with Gasteiger partial charge in [-0.1, -0.05) is 0 Å². The van der Waals surface area contributed by atoms with E-state index >= 15 is 0 Å². The van der Waals surface area contributed by atoms with Crippen LogP contribution in [-0.4, -0.2) is 18.6 Å². The Morgan fingerprint density at radius 3 is 2.57 bits per heavy atom. The van der Waals surface area contributed by atoms with Crippen molar-refractivity contribution in [2.45, 2.75) is 4.58 Å². The summed E-state index contributed by atoms with van der Waals surface area (Å²) >= 11 is 4.00. The summed E-state index contributed by atoms with van der Waals surface area (Å²) in [7, 11) is 1.68. The van der Waals surface area contributed by atoms with Crippen molar-refractivity contribution in [2.24, 2.45) is 0 Å². The molecule has 0 aliphatic carbocycles. The molecule has 0 bridgehead atoms. The van der Waals surface area contributed by atoms with Gasteiger partial charge in [-0.2, -0.15) is 12.1 Å². The molecule has 0 spiro atoms. The molecule has 70 valence electrons. The van der Waals surface area contributed by atoms with E-state index in [-0.39, 0.29) is 18.9 Å². The largest absolute Gasteiger partial charge is 1.00 e. The zero-order valence-electron chi connectivity index (χ0n) is 8.45. The molecule has 1 aliphatic heterocycles. The van der Waals surface area contributed by atoms with Crippen LogP contribution < -0.4 is 23.6 Å². The Morgan fingerprint density at radius 1 is 1.36 bits per heavy atom. The molecule has 0 unspecified atom stereocenters. The van der Waals surface area contributed by atoms with Crippen LogP contribution in [0.1, 0.15) is 10.1 Å². The number of rotatable bonds is 2. The van der Waals surface area contributed by atoms with Crippen LogP contribution in [0.25, 0.3) is 0 Å². The Hall–Kier alpha value is 0.317. The first-order valence-corrected chi connectivity index (χ1v) is 6.29. The molecule has 0 saturated carbocycles. The molecule has 1 aliphatic rings. The Labute approximate surface area is 106 Å². The van der Waals surface area contributed by atoms with Gasteiger partial charge in [0.15, 0.2) is 0 Å². The van der Waals surface area contributed by atoms with Crippen LogP contribution in [0.5, 0.6) is 5.75 Å². The Balaban J connectivity index is 0.000000980. The zero-order chi connectivity index (χ0) is 9.10. The summed E-state index contributed by atoms with van der Waals surface area (Å²) in [5.41, 5.74) is 1.29. The molecule has 1 aromatic carbocycles. The molecule has 4 heteroatoms. The van der Waals surface area contributed by atoms with E-state index in [0.717, 1.165) is 5.75 Å². The third kappa shape index (κ3) is 2.90. The number of hydrogen-bond donors (Lipinski definition) is 0. The summed E-state index contributed by atoms with van der Waals surface area (Å²) in [5, 5.41) is 0. The summed E-state index contributed by atoms with van der Waals surface area (Å²) in [5.74, 6) is 3.40. The number of methoxy groups -OCH3 is 1. The first-order chi connectivity index (χ1) is 6.40. The van der Waals surface area contributed by atoms with Crippen molar-refractivity contribution in [3.05, 3.63) is 29.8 Å². The van der Waals surface area contributed by atoms with Gasteiger partial charge in [0.1, 0.15) is 0 Å². The van der Waals surface area contributed by atoms with E-state index in [0.29, 0.717) is 4.58 Å². The average Bonchev–Trinajstić information content (AvgIpc) is 2.71. The van der Waals surface area contributed by atoms with Crippen LogP contribution in [0, 0.1) is 6.07 Å². The number of benzene rings is 1. The molecule has 14 heavy (non-hydrogen) atoms. The summed E-state index contributed by atoms with van der Waals surface area (Å²) < 4.78 is 5.68. The molecule has 0 radical (unpaired) electrons. The normalized spacial score (nSPS) is 16.4. The fourth-order valence-corrected chi connectivity index (χ4v) is 4.05. The van der Waals surface area contributed by atoms with E-state index in [4.69, 9.17) is 4.74 Å². The summed E-state index contributed by atoms with van der Waals surface area (Å²) in [6, 6.07) is 9.29. The van der Waals surface area contributed by atoms with Gasteiger partial charge in [-0.3, -0.25) is 0 Å². The molecule has 1 fully saturated rings. The smallest absolute Gasteiger partial charge is 0.554 e. The summed E-state index contributed by atoms with van der Waals surface area (Å²) in [6.07, 6.45) is 0. The zero-order valence-corrected chi connectivity index (χ0v) is 10.1. The second kappa shape index (κ2) is 6.02. The van der Waals surface area contributed by atoms with E-state index in [9.17, 15) is 0 Å². The quantitative estimate of drug-likeness (QED) is 0.510. The van der Waals surface area contributed by atoms with Gasteiger partial charge in [-0.25, -0.2) is 0 Å². The number of ether oxygens (including phenoxy) is 1. The molecule has 0 atom stereocenters. The molecule has 0 amide bonds. The Morgan fingerprint density at radius 2 is 2.07 bits per heavy atom. The van der Waals surface area contributed by atoms with Crippen molar-refractivity contribution in [1.82, 2.24) is 0 Å². The minimum absolute atomic E-state index is 0. The second-order valence-electron chi connectivity index (χ2n) is 2.76. The van der Waals surface area contributed by atoms with Crippen LogP contribution >= 0.6 is 23.5 Å². The molecule has 1 nitrogen and oxygen atoms in total. The van der Waals surface area contributed by atoms with Crippen molar-refractivity contribution in [3.63, 3.8) is 0 Å². The minimum atomic E-state index is 0. The second-order valence-corrected chi connectivity index (χ2v) is 5.48. The van der Waals surface area contributed by atoms with Crippen molar-refractivity contribution in [3.8, 4) is 5.75 Å². The molecule has 1 aromatic rings. The predicted molar refractivity (Wildman–Crippen MR) is 59.5 cm³/mol. The Bertz CT molecular complexity index is 270. The van der Waals surface area contributed by atoms with Crippen LogP contribution in [-0.2, 0) is 0 Å². The maximum atomic E-state index is 5.09. The monoisotopic (exact) mass is 218 g/mol. The molecule has 2 rings (SSSR count). The van der Waals surface area contributed by atoms with Gasteiger partial charge in [-0.15, -0.1) is 41.2 Å². The van der Waals surface area contributed by atoms with Crippen molar-refractivity contribution < 1.29 is 23.6 Å². The molecular weight excluding hydrogens is 207 g/mol. The standard InChI is InChI=1S/C10H11OS2.Li/c1-11-9-4-2-8(3-5-9)10-12-6-7-13-10;/h2,4-5,10H,6-7H2,1H3;/q-1;+1. The maximum absolute atomic E-state index is 5.09. The van der Waals surface area contributed by atoms with E-state index in [1.54, 1.807) is 7.11 Å². The third-order valence-electron chi connectivity index (χ3n) is 1.92. The van der Waals surface area contributed by atoms with Crippen LogP contribution in [0.4, 0.5) is 0 Å². The summed E-state index contributed by atoms with van der Waals surface area (Å²) in [6.45, 7) is 0. The van der Waals surface area contributed by atoms with Gasteiger partial charge in [0, 0.05) is 17.3 Å². The summed E-state index contributed by atoms with van der Waals surface area (Å²) in [4.78, 5) is 0. The van der Waals surface area contributed by atoms with Crippen molar-refractivity contribution in [1.29, 1.82) is 0 Å². The molecule has 1 heterocycles. The van der Waals surface area contributed by atoms with Gasteiger partial charge < -0.3 is 4.74 Å². The van der Waals surface area contributed by atoms with E-state index in [1.807, 2.05) is 35.7 Å². The first kappa shape index (κ1) is 12.4. The SMILES string of the molecule is COc1c[c-]c(C2SCCS2)cc1.[Li+]. The van der Waals surface area contributed by atoms with Crippen LogP contribution in [0.2, 0.25) is 0 Å². The van der Waals surface area contributed by atoms with E-state index in [1.165, 1.54) is 17.1 Å². The molecule has 0 aromatic heterocycles. The van der Waals surface area contributed by atoms with E-state index in [2.05, 4.69) is 12.1 Å². The van der Waals surface area contributed by atoms with Gasteiger partial charge in [0.05, 0.1) is 11.7 Å². The predicted octanol–water partition coefficient (Wildman–Crippen LogP) is -0.0220. The fraction of sp³-hybridized carbons (Fsp3) is 0.400. The molecule has 0 N–H and O–H groups in total.